The highest BCUT2D eigenvalue weighted by Crippen LogP contribution is 2.17. The lowest BCUT2D eigenvalue weighted by atomic mass is 10.2. The number of carbonyl (C=O) groups excluding carboxylic acids is 1. The molecule has 0 unspecified atom stereocenters. The van der Waals surface area contributed by atoms with Gasteiger partial charge in [-0.1, -0.05) is 30.3 Å². The number of rotatable bonds is 7. The first kappa shape index (κ1) is 17.6. The lowest BCUT2D eigenvalue weighted by Gasteiger charge is -2.09. The lowest BCUT2D eigenvalue weighted by molar-refractivity contribution is -0.118. The number of aromatic nitrogens is 1. The Morgan fingerprint density at radius 1 is 1.19 bits per heavy atom. The fourth-order valence-corrected chi connectivity index (χ4v) is 2.78. The topological polar surface area (TPSA) is 75.6 Å². The van der Waals surface area contributed by atoms with E-state index >= 15 is 0 Å². The minimum Gasteiger partial charge on any atom is -0.483 e. The molecule has 1 aromatic heterocycles. The fourth-order valence-electron chi connectivity index (χ4n) is 2.14. The number of nitrogens with zero attached hydrogens (tertiary/aromatic N) is 2. The van der Waals surface area contributed by atoms with Crippen molar-refractivity contribution in [3.63, 3.8) is 0 Å². The summed E-state index contributed by atoms with van der Waals surface area (Å²) in [6.07, 6.45) is 1.64. The number of aryl methyl sites for hydroxylation is 1. The molecule has 3 aromatic rings. The van der Waals surface area contributed by atoms with Gasteiger partial charge in [-0.25, -0.2) is 4.98 Å². The zero-order chi connectivity index (χ0) is 18.2. The van der Waals surface area contributed by atoms with Gasteiger partial charge in [-0.2, -0.15) is 5.10 Å². The van der Waals surface area contributed by atoms with Gasteiger partial charge in [0.25, 0.3) is 5.91 Å². The maximum Gasteiger partial charge on any atom is 0.262 e. The summed E-state index contributed by atoms with van der Waals surface area (Å²) in [6.45, 7) is 1.84. The predicted molar refractivity (Wildman–Crippen MR) is 105 cm³/mol. The molecule has 132 valence electrons. The molecule has 1 amide bonds. The Bertz CT molecular complexity index is 893. The van der Waals surface area contributed by atoms with Gasteiger partial charge in [0.15, 0.2) is 6.61 Å². The number of nitrogens with one attached hydrogen (secondary N) is 2. The molecular weight excluding hydrogens is 348 g/mol. The minimum atomic E-state index is -0.223. The molecule has 0 saturated heterocycles. The summed E-state index contributed by atoms with van der Waals surface area (Å²) >= 11 is 1.48. The maximum atomic E-state index is 12.0. The Morgan fingerprint density at radius 2 is 1.96 bits per heavy atom. The van der Waals surface area contributed by atoms with Crippen LogP contribution in [0.2, 0.25) is 0 Å². The van der Waals surface area contributed by atoms with Crippen LogP contribution in [0.3, 0.4) is 0 Å². The van der Waals surface area contributed by atoms with Crippen molar-refractivity contribution in [1.82, 2.24) is 4.98 Å². The van der Waals surface area contributed by atoms with Crippen LogP contribution in [0.1, 0.15) is 11.3 Å². The number of ether oxygens (including phenoxy) is 1. The fraction of sp³-hybridized carbons (Fsp3) is 0.105. The van der Waals surface area contributed by atoms with E-state index < -0.39 is 0 Å². The van der Waals surface area contributed by atoms with Crippen molar-refractivity contribution >= 4 is 34.3 Å². The first-order valence-corrected chi connectivity index (χ1v) is 8.86. The van der Waals surface area contributed by atoms with Crippen molar-refractivity contribution in [3.8, 4) is 5.75 Å². The van der Waals surface area contributed by atoms with Crippen LogP contribution in [0.25, 0.3) is 0 Å². The number of benzene rings is 2. The normalized spacial score (nSPS) is 10.7. The van der Waals surface area contributed by atoms with Gasteiger partial charge in [-0.05, 0) is 31.2 Å². The summed E-state index contributed by atoms with van der Waals surface area (Å²) in [5.41, 5.74) is 5.33. The predicted octanol–water partition coefficient (Wildman–Crippen LogP) is 3.92. The minimum absolute atomic E-state index is 0.0845. The van der Waals surface area contributed by atoms with Crippen LogP contribution in [-0.2, 0) is 4.79 Å². The third-order valence-electron chi connectivity index (χ3n) is 3.32. The molecular formula is C19H18N4O2S. The number of hydrogen-bond acceptors (Lipinski definition) is 6. The molecule has 0 atom stereocenters. The van der Waals surface area contributed by atoms with Gasteiger partial charge < -0.3 is 10.1 Å². The van der Waals surface area contributed by atoms with E-state index in [1.54, 1.807) is 12.3 Å². The summed E-state index contributed by atoms with van der Waals surface area (Å²) < 4.78 is 5.63. The third kappa shape index (κ3) is 5.15. The monoisotopic (exact) mass is 366 g/mol. The van der Waals surface area contributed by atoms with Crippen molar-refractivity contribution in [1.29, 1.82) is 0 Å². The van der Waals surface area contributed by atoms with E-state index in [-0.39, 0.29) is 12.5 Å². The van der Waals surface area contributed by atoms with Crippen LogP contribution < -0.4 is 15.5 Å². The Kier molecular flexibility index (Phi) is 5.95. The van der Waals surface area contributed by atoms with E-state index in [9.17, 15) is 4.79 Å². The zero-order valence-electron chi connectivity index (χ0n) is 14.2. The molecule has 0 fully saturated rings. The molecule has 0 aliphatic carbocycles. The van der Waals surface area contributed by atoms with Gasteiger partial charge in [0.05, 0.1) is 11.9 Å². The number of thiazole rings is 1. The summed E-state index contributed by atoms with van der Waals surface area (Å²) in [7, 11) is 0. The molecule has 0 spiro atoms. The largest absolute Gasteiger partial charge is 0.483 e. The lowest BCUT2D eigenvalue weighted by Crippen LogP contribution is -2.20. The van der Waals surface area contributed by atoms with Gasteiger partial charge >= 0.3 is 0 Å². The second kappa shape index (κ2) is 8.77. The summed E-state index contributed by atoms with van der Waals surface area (Å²) in [5.74, 6) is 0.357. The number of para-hydroxylation sites is 2. The van der Waals surface area contributed by atoms with Crippen LogP contribution in [0.5, 0.6) is 5.75 Å². The number of hydrogen-bond donors (Lipinski definition) is 2. The van der Waals surface area contributed by atoms with Crippen molar-refractivity contribution in [2.45, 2.75) is 6.92 Å². The third-order valence-corrected chi connectivity index (χ3v) is 4.18. The van der Waals surface area contributed by atoms with Crippen molar-refractivity contribution in [3.05, 3.63) is 71.2 Å². The number of hydrazone groups is 1. The van der Waals surface area contributed by atoms with Gasteiger partial charge in [-0.15, -0.1) is 11.3 Å². The van der Waals surface area contributed by atoms with Crippen LogP contribution in [0.15, 0.2) is 65.1 Å². The molecule has 7 heteroatoms. The molecule has 1 heterocycles. The molecule has 0 saturated carbocycles. The van der Waals surface area contributed by atoms with E-state index in [4.69, 9.17) is 4.74 Å². The van der Waals surface area contributed by atoms with Crippen LogP contribution in [-0.4, -0.2) is 23.7 Å². The van der Waals surface area contributed by atoms with E-state index in [1.807, 2.05) is 60.8 Å². The standard InChI is InChI=1S/C19H18N4O2S/c1-14-13-26-19(21-14)23-20-11-15-7-5-6-10-17(15)25-12-18(24)22-16-8-3-2-4-9-16/h2-11,13H,12H2,1H3,(H,21,23)(H,22,24). The first-order valence-electron chi connectivity index (χ1n) is 7.98. The van der Waals surface area contributed by atoms with Gasteiger partial charge in [0.2, 0.25) is 5.13 Å². The average Bonchev–Trinajstić information content (AvgIpc) is 3.07. The first-order chi connectivity index (χ1) is 12.7. The number of amides is 1. The quantitative estimate of drug-likeness (QED) is 0.491. The Balaban J connectivity index is 1.57. The van der Waals surface area contributed by atoms with Gasteiger partial charge in [0.1, 0.15) is 5.75 Å². The Morgan fingerprint density at radius 3 is 2.73 bits per heavy atom. The second-order valence-electron chi connectivity index (χ2n) is 5.40. The second-order valence-corrected chi connectivity index (χ2v) is 6.26. The molecule has 0 aliphatic heterocycles. The van der Waals surface area contributed by atoms with Gasteiger partial charge in [-0.3, -0.25) is 10.2 Å². The SMILES string of the molecule is Cc1csc(NN=Cc2ccccc2OCC(=O)Nc2ccccc2)n1. The highest BCUT2D eigenvalue weighted by molar-refractivity contribution is 7.13. The molecule has 2 N–H and O–H groups in total. The number of anilines is 2. The van der Waals surface area contributed by atoms with E-state index in [0.29, 0.717) is 5.75 Å². The van der Waals surface area contributed by atoms with Crippen molar-refractivity contribution in [2.24, 2.45) is 5.10 Å². The maximum absolute atomic E-state index is 12.0. The number of carbonyl (C=O) groups is 1. The molecule has 0 radical (unpaired) electrons. The highest BCUT2D eigenvalue weighted by atomic mass is 32.1. The highest BCUT2D eigenvalue weighted by Gasteiger charge is 2.06. The summed E-state index contributed by atoms with van der Waals surface area (Å²) in [6, 6.07) is 16.6. The molecule has 26 heavy (non-hydrogen) atoms. The molecule has 0 aliphatic rings. The van der Waals surface area contributed by atoms with Crippen molar-refractivity contribution in [2.75, 3.05) is 17.3 Å². The van der Waals surface area contributed by atoms with Crippen LogP contribution >= 0.6 is 11.3 Å². The zero-order valence-corrected chi connectivity index (χ0v) is 15.0. The molecule has 0 bridgehead atoms. The Hall–Kier alpha value is -3.19. The average molecular weight is 366 g/mol. The smallest absolute Gasteiger partial charge is 0.262 e. The van der Waals surface area contributed by atoms with Crippen LogP contribution in [0, 0.1) is 6.92 Å². The van der Waals surface area contributed by atoms with Crippen LogP contribution in [0.4, 0.5) is 10.8 Å². The Labute approximate surface area is 155 Å². The van der Waals surface area contributed by atoms with E-state index in [1.165, 1.54) is 11.3 Å². The van der Waals surface area contributed by atoms with E-state index in [2.05, 4.69) is 20.8 Å². The molecule has 2 aromatic carbocycles. The summed E-state index contributed by atoms with van der Waals surface area (Å²) in [4.78, 5) is 16.3. The van der Waals surface area contributed by atoms with Crippen molar-refractivity contribution < 1.29 is 9.53 Å². The summed E-state index contributed by atoms with van der Waals surface area (Å²) in [5, 5.41) is 9.62. The van der Waals surface area contributed by atoms with E-state index in [0.717, 1.165) is 22.1 Å². The van der Waals surface area contributed by atoms with Gasteiger partial charge in [0, 0.05) is 16.6 Å². The molecule has 3 rings (SSSR count). The molecule has 6 nitrogen and oxygen atoms in total.